The van der Waals surface area contributed by atoms with Crippen LogP contribution in [0.5, 0.6) is 0 Å². The Morgan fingerprint density at radius 3 is 2.50 bits per heavy atom. The van der Waals surface area contributed by atoms with Gasteiger partial charge < -0.3 is 4.98 Å². The highest BCUT2D eigenvalue weighted by Gasteiger charge is 2.21. The fourth-order valence-corrected chi connectivity index (χ4v) is 2.14. The summed E-state index contributed by atoms with van der Waals surface area (Å²) in [5.41, 5.74) is 0.214. The highest BCUT2D eigenvalue weighted by atomic mass is 79.9. The molecule has 1 unspecified atom stereocenters. The molecule has 1 heterocycles. The summed E-state index contributed by atoms with van der Waals surface area (Å²) >= 11 is 3.12. The minimum atomic E-state index is -3.26. The number of hydrogen-bond acceptors (Lipinski definition) is 4. The molecular weight excluding hydrogens is 296 g/mol. The molecule has 0 aromatic carbocycles. The summed E-state index contributed by atoms with van der Waals surface area (Å²) in [6.45, 7) is 3.35. The third-order valence-electron chi connectivity index (χ3n) is 2.31. The van der Waals surface area contributed by atoms with Crippen LogP contribution in [0.1, 0.15) is 30.6 Å². The first-order valence-electron chi connectivity index (χ1n) is 4.74. The fraction of sp³-hybridized carbons (Fsp3) is 0.556. The summed E-state index contributed by atoms with van der Waals surface area (Å²) in [4.78, 5) is 18.1. The molecule has 16 heavy (non-hydrogen) atoms. The van der Waals surface area contributed by atoms with Crippen LogP contribution in [0.25, 0.3) is 0 Å². The Bertz CT molecular complexity index is 550. The van der Waals surface area contributed by atoms with Gasteiger partial charge in [-0.3, -0.25) is 4.79 Å². The zero-order valence-corrected chi connectivity index (χ0v) is 11.6. The second-order valence-electron chi connectivity index (χ2n) is 3.54. The number of aromatic nitrogens is 2. The Labute approximate surface area is 102 Å². The van der Waals surface area contributed by atoms with E-state index in [2.05, 4.69) is 25.9 Å². The maximum atomic E-state index is 11.5. The van der Waals surface area contributed by atoms with E-state index >= 15 is 0 Å². The van der Waals surface area contributed by atoms with Crippen molar-refractivity contribution >= 4 is 25.8 Å². The van der Waals surface area contributed by atoms with Crippen LogP contribution in [0.4, 0.5) is 0 Å². The number of H-pyrrole nitrogens is 1. The minimum absolute atomic E-state index is 0.188. The van der Waals surface area contributed by atoms with Gasteiger partial charge in [0.2, 0.25) is 0 Å². The second kappa shape index (κ2) is 4.67. The van der Waals surface area contributed by atoms with E-state index in [1.165, 1.54) is 6.92 Å². The van der Waals surface area contributed by atoms with Gasteiger partial charge in [-0.25, -0.2) is 13.4 Å². The van der Waals surface area contributed by atoms with Gasteiger partial charge in [-0.2, -0.15) is 0 Å². The van der Waals surface area contributed by atoms with Gasteiger partial charge in [-0.05, 0) is 29.3 Å². The molecule has 90 valence electrons. The highest BCUT2D eigenvalue weighted by Crippen LogP contribution is 2.18. The Kier molecular flexibility index (Phi) is 3.90. The molecule has 0 saturated carbocycles. The van der Waals surface area contributed by atoms with E-state index in [9.17, 15) is 13.2 Å². The SMILES string of the molecule is CCc1nc(C(C)S(C)(=O)=O)[nH]c(=O)c1Br. The average Bonchev–Trinajstić information content (AvgIpc) is 2.19. The summed E-state index contributed by atoms with van der Waals surface area (Å²) in [7, 11) is -3.26. The van der Waals surface area contributed by atoms with Gasteiger partial charge in [0.15, 0.2) is 9.84 Å². The van der Waals surface area contributed by atoms with Crippen molar-refractivity contribution in [2.75, 3.05) is 6.26 Å². The fourth-order valence-electron chi connectivity index (χ4n) is 1.15. The van der Waals surface area contributed by atoms with Crippen LogP contribution in [-0.4, -0.2) is 24.6 Å². The van der Waals surface area contributed by atoms with Gasteiger partial charge in [0.1, 0.15) is 15.5 Å². The van der Waals surface area contributed by atoms with Crippen LogP contribution in [0.15, 0.2) is 9.27 Å². The lowest BCUT2D eigenvalue weighted by Crippen LogP contribution is -2.20. The zero-order valence-electron chi connectivity index (χ0n) is 9.24. The zero-order chi connectivity index (χ0) is 12.5. The Morgan fingerprint density at radius 2 is 2.06 bits per heavy atom. The van der Waals surface area contributed by atoms with Crippen molar-refractivity contribution in [3.63, 3.8) is 0 Å². The van der Waals surface area contributed by atoms with Gasteiger partial charge >= 0.3 is 0 Å². The molecule has 0 saturated heterocycles. The molecule has 1 aromatic rings. The summed E-state index contributed by atoms with van der Waals surface area (Å²) in [6.07, 6.45) is 1.68. The maximum Gasteiger partial charge on any atom is 0.265 e. The maximum absolute atomic E-state index is 11.5. The smallest absolute Gasteiger partial charge is 0.265 e. The Hall–Kier alpha value is -0.690. The van der Waals surface area contributed by atoms with Crippen LogP contribution in [0.2, 0.25) is 0 Å². The van der Waals surface area contributed by atoms with E-state index in [1.807, 2.05) is 6.92 Å². The molecule has 7 heteroatoms. The molecule has 1 rings (SSSR count). The molecule has 0 radical (unpaired) electrons. The topological polar surface area (TPSA) is 79.9 Å². The third-order valence-corrected chi connectivity index (χ3v) is 4.64. The minimum Gasteiger partial charge on any atom is -0.308 e. The lowest BCUT2D eigenvalue weighted by atomic mass is 10.3. The quantitative estimate of drug-likeness (QED) is 0.910. The number of aromatic amines is 1. The molecule has 0 amide bonds. The molecule has 1 N–H and O–H groups in total. The molecule has 0 aliphatic heterocycles. The van der Waals surface area contributed by atoms with E-state index in [4.69, 9.17) is 0 Å². The van der Waals surface area contributed by atoms with Crippen LogP contribution in [-0.2, 0) is 16.3 Å². The number of halogens is 1. The molecule has 1 atom stereocenters. The van der Waals surface area contributed by atoms with Crippen molar-refractivity contribution in [1.82, 2.24) is 9.97 Å². The Balaban J connectivity index is 3.38. The molecule has 0 aliphatic rings. The normalized spacial score (nSPS) is 13.8. The predicted molar refractivity (Wildman–Crippen MR) is 65.2 cm³/mol. The predicted octanol–water partition coefficient (Wildman–Crippen LogP) is 1.20. The van der Waals surface area contributed by atoms with Gasteiger partial charge in [-0.15, -0.1) is 0 Å². The summed E-state index contributed by atoms with van der Waals surface area (Å²) < 4.78 is 23.1. The standard InChI is InChI=1S/C9H13BrN2O3S/c1-4-6-7(10)9(13)12-8(11-6)5(2)16(3,14)15/h5H,4H2,1-3H3,(H,11,12,13). The van der Waals surface area contributed by atoms with E-state index in [0.29, 0.717) is 16.6 Å². The molecule has 0 bridgehead atoms. The summed E-state index contributed by atoms with van der Waals surface area (Å²) in [6, 6.07) is 0. The first-order valence-corrected chi connectivity index (χ1v) is 7.49. The van der Waals surface area contributed by atoms with Crippen LogP contribution < -0.4 is 5.56 Å². The second-order valence-corrected chi connectivity index (χ2v) is 6.70. The number of rotatable bonds is 3. The van der Waals surface area contributed by atoms with Crippen molar-refractivity contribution < 1.29 is 8.42 Å². The van der Waals surface area contributed by atoms with Crippen molar-refractivity contribution in [3.8, 4) is 0 Å². The first-order chi connectivity index (χ1) is 7.27. The van der Waals surface area contributed by atoms with Crippen LogP contribution in [0.3, 0.4) is 0 Å². The number of nitrogens with one attached hydrogen (secondary N) is 1. The van der Waals surface area contributed by atoms with Gasteiger partial charge in [0.25, 0.3) is 5.56 Å². The molecule has 0 fully saturated rings. The highest BCUT2D eigenvalue weighted by molar-refractivity contribution is 9.10. The van der Waals surface area contributed by atoms with Crippen LogP contribution >= 0.6 is 15.9 Å². The average molecular weight is 309 g/mol. The van der Waals surface area contributed by atoms with E-state index in [0.717, 1.165) is 6.26 Å². The number of nitrogens with zero attached hydrogens (tertiary/aromatic N) is 1. The lowest BCUT2D eigenvalue weighted by molar-refractivity contribution is 0.588. The molecule has 0 aliphatic carbocycles. The Morgan fingerprint density at radius 1 is 1.50 bits per heavy atom. The number of sulfone groups is 1. The number of aryl methyl sites for hydroxylation is 1. The van der Waals surface area contributed by atoms with E-state index in [-0.39, 0.29) is 11.4 Å². The van der Waals surface area contributed by atoms with Gasteiger partial charge in [-0.1, -0.05) is 6.92 Å². The largest absolute Gasteiger partial charge is 0.308 e. The van der Waals surface area contributed by atoms with E-state index in [1.54, 1.807) is 0 Å². The monoisotopic (exact) mass is 308 g/mol. The molecule has 0 spiro atoms. The lowest BCUT2D eigenvalue weighted by Gasteiger charge is -2.10. The van der Waals surface area contributed by atoms with Crippen molar-refractivity contribution in [1.29, 1.82) is 0 Å². The molecule has 1 aromatic heterocycles. The van der Waals surface area contributed by atoms with E-state index < -0.39 is 15.1 Å². The van der Waals surface area contributed by atoms with Crippen molar-refractivity contribution in [2.24, 2.45) is 0 Å². The summed E-state index contributed by atoms with van der Waals surface area (Å²) in [5.74, 6) is 0.188. The number of hydrogen-bond donors (Lipinski definition) is 1. The van der Waals surface area contributed by atoms with Crippen molar-refractivity contribution in [3.05, 3.63) is 26.3 Å². The van der Waals surface area contributed by atoms with Gasteiger partial charge in [0, 0.05) is 6.26 Å². The molecule has 5 nitrogen and oxygen atoms in total. The van der Waals surface area contributed by atoms with Crippen LogP contribution in [0, 0.1) is 0 Å². The first kappa shape index (κ1) is 13.4. The molecular formula is C9H13BrN2O3S. The van der Waals surface area contributed by atoms with Crippen molar-refractivity contribution in [2.45, 2.75) is 25.5 Å². The summed E-state index contributed by atoms with van der Waals surface area (Å²) in [5, 5.41) is -0.807. The third kappa shape index (κ3) is 2.70. The van der Waals surface area contributed by atoms with Gasteiger partial charge in [0.05, 0.1) is 5.69 Å².